The van der Waals surface area contributed by atoms with Crippen LogP contribution in [-0.4, -0.2) is 30.3 Å². The van der Waals surface area contributed by atoms with E-state index in [1.165, 1.54) is 4.80 Å². The predicted molar refractivity (Wildman–Crippen MR) is 73.1 cm³/mol. The van der Waals surface area contributed by atoms with E-state index >= 15 is 0 Å². The van der Waals surface area contributed by atoms with Gasteiger partial charge in [0.25, 0.3) is 0 Å². The van der Waals surface area contributed by atoms with Crippen LogP contribution in [0.3, 0.4) is 0 Å². The summed E-state index contributed by atoms with van der Waals surface area (Å²) in [6.45, 7) is 4.57. The molecule has 104 valence electrons. The van der Waals surface area contributed by atoms with Crippen LogP contribution in [0.15, 0.2) is 21.3 Å². The third kappa shape index (κ3) is 2.90. The van der Waals surface area contributed by atoms with Crippen LogP contribution >= 0.6 is 11.3 Å². The minimum atomic E-state index is 0.360. The third-order valence-corrected chi connectivity index (χ3v) is 3.29. The molecule has 0 unspecified atom stereocenters. The smallest absolute Gasteiger partial charge is 0.226 e. The van der Waals surface area contributed by atoms with Crippen molar-refractivity contribution in [1.82, 2.24) is 30.3 Å². The quantitative estimate of drug-likeness (QED) is 0.715. The largest absolute Gasteiger partial charge is 0.339 e. The molecule has 0 aliphatic rings. The number of thiophene rings is 1. The summed E-state index contributed by atoms with van der Waals surface area (Å²) >= 11 is 1.60. The molecular formula is C12H14N6OS. The van der Waals surface area contributed by atoms with E-state index in [-0.39, 0.29) is 0 Å². The van der Waals surface area contributed by atoms with Crippen molar-refractivity contribution >= 4 is 11.3 Å². The highest BCUT2D eigenvalue weighted by Crippen LogP contribution is 2.16. The molecular weight excluding hydrogens is 276 g/mol. The Hall–Kier alpha value is -2.09. The van der Waals surface area contributed by atoms with Gasteiger partial charge < -0.3 is 4.52 Å². The van der Waals surface area contributed by atoms with Crippen molar-refractivity contribution in [2.24, 2.45) is 5.92 Å². The first-order valence-electron chi connectivity index (χ1n) is 6.32. The molecule has 0 radical (unpaired) electrons. The highest BCUT2D eigenvalue weighted by Gasteiger charge is 2.11. The minimum absolute atomic E-state index is 0.360. The maximum Gasteiger partial charge on any atom is 0.226 e. The fourth-order valence-electron chi connectivity index (χ4n) is 1.73. The van der Waals surface area contributed by atoms with Crippen LogP contribution < -0.4 is 0 Å². The molecule has 0 bridgehead atoms. The molecule has 0 atom stereocenters. The van der Waals surface area contributed by atoms with Crippen molar-refractivity contribution in [3.8, 4) is 11.4 Å². The van der Waals surface area contributed by atoms with E-state index in [2.05, 4.69) is 39.4 Å². The molecule has 3 aromatic rings. The number of hydrogen-bond acceptors (Lipinski definition) is 7. The number of nitrogens with zero attached hydrogens (tertiary/aromatic N) is 6. The zero-order chi connectivity index (χ0) is 13.9. The lowest BCUT2D eigenvalue weighted by atomic mass is 10.1. The van der Waals surface area contributed by atoms with Gasteiger partial charge >= 0.3 is 0 Å². The monoisotopic (exact) mass is 290 g/mol. The maximum absolute atomic E-state index is 5.18. The van der Waals surface area contributed by atoms with Crippen molar-refractivity contribution in [1.29, 1.82) is 0 Å². The lowest BCUT2D eigenvalue weighted by molar-refractivity contribution is 0.356. The van der Waals surface area contributed by atoms with Gasteiger partial charge in [-0.25, -0.2) is 0 Å². The first-order valence-corrected chi connectivity index (χ1v) is 7.27. The topological polar surface area (TPSA) is 82.5 Å². The molecule has 0 saturated carbocycles. The molecule has 3 rings (SSSR count). The zero-order valence-corrected chi connectivity index (χ0v) is 12.0. The second kappa shape index (κ2) is 5.49. The van der Waals surface area contributed by atoms with E-state index in [1.807, 2.05) is 16.8 Å². The van der Waals surface area contributed by atoms with Crippen LogP contribution in [0.4, 0.5) is 0 Å². The highest BCUT2D eigenvalue weighted by atomic mass is 32.1. The Kier molecular flexibility index (Phi) is 3.55. The molecule has 3 aromatic heterocycles. The van der Waals surface area contributed by atoms with E-state index in [0.29, 0.717) is 30.0 Å². The Bertz CT molecular complexity index is 672. The van der Waals surface area contributed by atoms with Crippen LogP contribution in [-0.2, 0) is 13.0 Å². The van der Waals surface area contributed by atoms with Crippen LogP contribution in [0.2, 0.25) is 0 Å². The number of aromatic nitrogens is 6. The summed E-state index contributed by atoms with van der Waals surface area (Å²) in [4.78, 5) is 5.78. The second-order valence-electron chi connectivity index (χ2n) is 4.86. The summed E-state index contributed by atoms with van der Waals surface area (Å²) in [6.07, 6.45) is 0.776. The highest BCUT2D eigenvalue weighted by molar-refractivity contribution is 7.08. The first kappa shape index (κ1) is 12.9. The Balaban J connectivity index is 1.70. The first-order chi connectivity index (χ1) is 9.70. The maximum atomic E-state index is 5.18. The summed E-state index contributed by atoms with van der Waals surface area (Å²) < 4.78 is 5.18. The number of rotatable bonds is 5. The molecule has 0 aliphatic carbocycles. The summed E-state index contributed by atoms with van der Waals surface area (Å²) in [5.41, 5.74) is 0.967. The van der Waals surface area contributed by atoms with Gasteiger partial charge in [-0.1, -0.05) is 19.0 Å². The Morgan fingerprint density at radius 3 is 3.05 bits per heavy atom. The zero-order valence-electron chi connectivity index (χ0n) is 11.2. The molecule has 3 heterocycles. The lowest BCUT2D eigenvalue weighted by Gasteiger charge is -1.95. The van der Waals surface area contributed by atoms with Crippen molar-refractivity contribution in [2.75, 3.05) is 0 Å². The van der Waals surface area contributed by atoms with Crippen molar-refractivity contribution in [2.45, 2.75) is 26.8 Å². The molecule has 0 saturated heterocycles. The van der Waals surface area contributed by atoms with Crippen LogP contribution in [0.1, 0.15) is 25.6 Å². The predicted octanol–water partition coefficient (Wildman–Crippen LogP) is 2.03. The second-order valence-corrected chi connectivity index (χ2v) is 5.64. The van der Waals surface area contributed by atoms with Crippen molar-refractivity contribution in [3.63, 3.8) is 0 Å². The number of hydrogen-bond donors (Lipinski definition) is 0. The van der Waals surface area contributed by atoms with Gasteiger partial charge in [0.05, 0.1) is 0 Å². The molecule has 0 fully saturated rings. The van der Waals surface area contributed by atoms with Gasteiger partial charge in [-0.05, 0) is 22.6 Å². The molecule has 0 aliphatic heterocycles. The van der Waals surface area contributed by atoms with Gasteiger partial charge in [0.1, 0.15) is 6.54 Å². The van der Waals surface area contributed by atoms with E-state index < -0.39 is 0 Å². The Morgan fingerprint density at radius 1 is 1.40 bits per heavy atom. The van der Waals surface area contributed by atoms with E-state index in [4.69, 9.17) is 4.52 Å². The normalized spacial score (nSPS) is 11.3. The fraction of sp³-hybridized carbons (Fsp3) is 0.417. The van der Waals surface area contributed by atoms with Crippen LogP contribution in [0, 0.1) is 5.92 Å². The third-order valence-electron chi connectivity index (χ3n) is 2.61. The molecule has 7 nitrogen and oxygen atoms in total. The summed E-state index contributed by atoms with van der Waals surface area (Å²) in [5, 5.41) is 20.2. The summed E-state index contributed by atoms with van der Waals surface area (Å²) in [6, 6.07) is 1.96. The van der Waals surface area contributed by atoms with Crippen LogP contribution in [0.25, 0.3) is 11.4 Å². The molecule has 8 heteroatoms. The standard InChI is InChI=1S/C12H14N6OS/c1-8(2)5-11-13-10(16-19-11)6-18-15-12(14-17-18)9-3-4-20-7-9/h3-4,7-8H,5-6H2,1-2H3. The Labute approximate surface area is 119 Å². The fourth-order valence-corrected chi connectivity index (χ4v) is 2.36. The van der Waals surface area contributed by atoms with E-state index in [9.17, 15) is 0 Å². The number of tetrazole rings is 1. The van der Waals surface area contributed by atoms with Gasteiger partial charge in [-0.15, -0.1) is 10.2 Å². The van der Waals surface area contributed by atoms with Crippen molar-refractivity contribution in [3.05, 3.63) is 28.5 Å². The van der Waals surface area contributed by atoms with Gasteiger partial charge in [0.15, 0.2) is 5.82 Å². The molecule has 0 amide bonds. The molecule has 0 aromatic carbocycles. The summed E-state index contributed by atoms with van der Waals surface area (Å²) in [5.74, 6) is 2.30. The van der Waals surface area contributed by atoms with Gasteiger partial charge in [-0.3, -0.25) is 0 Å². The average molecular weight is 290 g/mol. The van der Waals surface area contributed by atoms with Crippen LogP contribution in [0.5, 0.6) is 0 Å². The van der Waals surface area contributed by atoms with E-state index in [1.54, 1.807) is 11.3 Å². The summed E-state index contributed by atoms with van der Waals surface area (Å²) in [7, 11) is 0. The van der Waals surface area contributed by atoms with E-state index in [0.717, 1.165) is 12.0 Å². The van der Waals surface area contributed by atoms with Gasteiger partial charge in [-0.2, -0.15) is 21.1 Å². The molecule has 0 N–H and O–H groups in total. The SMILES string of the molecule is CC(C)Cc1nc(Cn2nnc(-c3ccsc3)n2)no1. The molecule has 20 heavy (non-hydrogen) atoms. The lowest BCUT2D eigenvalue weighted by Crippen LogP contribution is -2.05. The Morgan fingerprint density at radius 2 is 2.30 bits per heavy atom. The average Bonchev–Trinajstić information content (AvgIpc) is 3.09. The minimum Gasteiger partial charge on any atom is -0.339 e. The van der Waals surface area contributed by atoms with Gasteiger partial charge in [0, 0.05) is 17.4 Å². The van der Waals surface area contributed by atoms with Gasteiger partial charge in [0.2, 0.25) is 11.7 Å². The molecule has 0 spiro atoms. The van der Waals surface area contributed by atoms with Crippen molar-refractivity contribution < 1.29 is 4.52 Å².